The van der Waals surface area contributed by atoms with Crippen LogP contribution in [-0.2, 0) is 17.3 Å². The monoisotopic (exact) mass is 259 g/mol. The Balaban J connectivity index is 1.85. The van der Waals surface area contributed by atoms with Crippen LogP contribution in [0.5, 0.6) is 0 Å². The first-order valence-corrected chi connectivity index (χ1v) is 6.04. The summed E-state index contributed by atoms with van der Waals surface area (Å²) in [6.07, 6.45) is -2.58. The molecule has 1 aliphatic rings. The van der Waals surface area contributed by atoms with E-state index in [1.165, 1.54) is 12.1 Å². The molecule has 0 aromatic heterocycles. The van der Waals surface area contributed by atoms with Crippen molar-refractivity contribution in [2.24, 2.45) is 0 Å². The first-order chi connectivity index (χ1) is 8.55. The minimum absolute atomic E-state index is 0.204. The molecule has 1 unspecified atom stereocenters. The first-order valence-electron chi connectivity index (χ1n) is 6.04. The van der Waals surface area contributed by atoms with Gasteiger partial charge in [-0.25, -0.2) is 0 Å². The molecule has 2 nitrogen and oxygen atoms in total. The zero-order valence-corrected chi connectivity index (χ0v) is 9.96. The largest absolute Gasteiger partial charge is 0.416 e. The van der Waals surface area contributed by atoms with Gasteiger partial charge in [0.2, 0.25) is 0 Å². The molecular formula is C13H16F3NO. The summed E-state index contributed by atoms with van der Waals surface area (Å²) in [4.78, 5) is 0. The van der Waals surface area contributed by atoms with Gasteiger partial charge in [0.1, 0.15) is 0 Å². The standard InChI is InChI=1S/C13H16F3NO/c14-13(15,16)11-3-1-2-10(8-11)5-7-18-12-4-6-17-9-12/h1-3,8,12,17H,4-7,9H2. The Hall–Kier alpha value is -1.07. The summed E-state index contributed by atoms with van der Waals surface area (Å²) in [6.45, 7) is 2.25. The zero-order chi connectivity index (χ0) is 13.0. The molecule has 0 amide bonds. The minimum atomic E-state index is -4.27. The highest BCUT2D eigenvalue weighted by atomic mass is 19.4. The normalized spacial score (nSPS) is 20.3. The molecule has 2 rings (SSSR count). The van der Waals surface area contributed by atoms with Gasteiger partial charge in [0.15, 0.2) is 0 Å². The van der Waals surface area contributed by atoms with Crippen molar-refractivity contribution in [2.75, 3.05) is 19.7 Å². The van der Waals surface area contributed by atoms with Crippen LogP contribution >= 0.6 is 0 Å². The molecule has 100 valence electrons. The average molecular weight is 259 g/mol. The maximum Gasteiger partial charge on any atom is 0.416 e. The first kappa shape index (κ1) is 13.4. The highest BCUT2D eigenvalue weighted by Crippen LogP contribution is 2.29. The summed E-state index contributed by atoms with van der Waals surface area (Å²) in [5.41, 5.74) is 0.0679. The van der Waals surface area contributed by atoms with E-state index >= 15 is 0 Å². The Kier molecular flexibility index (Phi) is 4.24. The van der Waals surface area contributed by atoms with Gasteiger partial charge in [-0.3, -0.25) is 0 Å². The van der Waals surface area contributed by atoms with E-state index in [4.69, 9.17) is 4.74 Å². The second-order valence-corrected chi connectivity index (χ2v) is 4.43. The smallest absolute Gasteiger partial charge is 0.377 e. The average Bonchev–Trinajstić information content (AvgIpc) is 2.81. The molecule has 0 aliphatic carbocycles. The molecule has 0 saturated carbocycles. The van der Waals surface area contributed by atoms with Crippen LogP contribution in [-0.4, -0.2) is 25.8 Å². The lowest BCUT2D eigenvalue weighted by atomic mass is 10.1. The van der Waals surface area contributed by atoms with Crippen molar-refractivity contribution in [1.82, 2.24) is 5.32 Å². The van der Waals surface area contributed by atoms with Gasteiger partial charge in [0, 0.05) is 6.54 Å². The molecule has 5 heteroatoms. The number of halogens is 3. The van der Waals surface area contributed by atoms with Crippen LogP contribution in [0.4, 0.5) is 13.2 Å². The lowest BCUT2D eigenvalue weighted by Crippen LogP contribution is -2.18. The fraction of sp³-hybridized carbons (Fsp3) is 0.538. The van der Waals surface area contributed by atoms with Gasteiger partial charge in [-0.2, -0.15) is 13.2 Å². The molecule has 1 aromatic carbocycles. The Bertz CT molecular complexity index is 386. The van der Waals surface area contributed by atoms with Gasteiger partial charge < -0.3 is 10.1 Å². The highest BCUT2D eigenvalue weighted by molar-refractivity contribution is 5.25. The number of hydrogen-bond donors (Lipinski definition) is 1. The third kappa shape index (κ3) is 3.71. The molecule has 1 heterocycles. The summed E-state index contributed by atoms with van der Waals surface area (Å²) >= 11 is 0. The molecule has 0 spiro atoms. The van der Waals surface area contributed by atoms with Crippen LogP contribution in [0.1, 0.15) is 17.5 Å². The molecule has 1 saturated heterocycles. The number of hydrogen-bond acceptors (Lipinski definition) is 2. The van der Waals surface area contributed by atoms with Gasteiger partial charge in [-0.05, 0) is 31.0 Å². The van der Waals surface area contributed by atoms with Crippen LogP contribution in [0.3, 0.4) is 0 Å². The Morgan fingerprint density at radius 1 is 1.33 bits per heavy atom. The van der Waals surface area contributed by atoms with E-state index in [0.717, 1.165) is 25.6 Å². The fourth-order valence-corrected chi connectivity index (χ4v) is 2.02. The second kappa shape index (κ2) is 5.71. The summed E-state index contributed by atoms with van der Waals surface area (Å²) in [5.74, 6) is 0. The van der Waals surface area contributed by atoms with Crippen molar-refractivity contribution in [1.29, 1.82) is 0 Å². The predicted octanol–water partition coefficient (Wildman–Crippen LogP) is 2.63. The second-order valence-electron chi connectivity index (χ2n) is 4.43. The zero-order valence-electron chi connectivity index (χ0n) is 9.96. The molecular weight excluding hydrogens is 243 g/mol. The number of alkyl halides is 3. The van der Waals surface area contributed by atoms with Crippen molar-refractivity contribution < 1.29 is 17.9 Å². The lowest BCUT2D eigenvalue weighted by Gasteiger charge is -2.11. The van der Waals surface area contributed by atoms with Crippen LogP contribution in [0.25, 0.3) is 0 Å². The quantitative estimate of drug-likeness (QED) is 0.897. The Labute approximate surface area is 104 Å². The molecule has 1 atom stereocenters. The van der Waals surface area contributed by atoms with Gasteiger partial charge in [0.05, 0.1) is 18.3 Å². The summed E-state index contributed by atoms with van der Waals surface area (Å²) in [7, 11) is 0. The van der Waals surface area contributed by atoms with Crippen LogP contribution in [0, 0.1) is 0 Å². The SMILES string of the molecule is FC(F)(F)c1cccc(CCOC2CCNC2)c1. The van der Waals surface area contributed by atoms with E-state index in [1.807, 2.05) is 0 Å². The van der Waals surface area contributed by atoms with Crippen molar-refractivity contribution in [3.8, 4) is 0 Å². The van der Waals surface area contributed by atoms with E-state index in [2.05, 4.69) is 5.32 Å². The van der Waals surface area contributed by atoms with Crippen molar-refractivity contribution >= 4 is 0 Å². The maximum absolute atomic E-state index is 12.5. The van der Waals surface area contributed by atoms with Crippen LogP contribution in [0.2, 0.25) is 0 Å². The number of nitrogens with one attached hydrogen (secondary N) is 1. The van der Waals surface area contributed by atoms with E-state index in [0.29, 0.717) is 18.6 Å². The van der Waals surface area contributed by atoms with Gasteiger partial charge >= 0.3 is 6.18 Å². The predicted molar refractivity (Wildman–Crippen MR) is 62.4 cm³/mol. The summed E-state index contributed by atoms with van der Waals surface area (Å²) < 4.78 is 43.1. The molecule has 1 fully saturated rings. The van der Waals surface area contributed by atoms with Gasteiger partial charge in [-0.15, -0.1) is 0 Å². The van der Waals surface area contributed by atoms with Crippen LogP contribution < -0.4 is 5.32 Å². The van der Waals surface area contributed by atoms with Crippen molar-refractivity contribution in [3.05, 3.63) is 35.4 Å². The molecule has 18 heavy (non-hydrogen) atoms. The lowest BCUT2D eigenvalue weighted by molar-refractivity contribution is -0.137. The highest BCUT2D eigenvalue weighted by Gasteiger charge is 2.30. The maximum atomic E-state index is 12.5. The van der Waals surface area contributed by atoms with Crippen molar-refractivity contribution in [3.63, 3.8) is 0 Å². The third-order valence-corrected chi connectivity index (χ3v) is 3.01. The molecule has 0 radical (unpaired) electrons. The van der Waals surface area contributed by atoms with Crippen molar-refractivity contribution in [2.45, 2.75) is 25.1 Å². The molecule has 1 aliphatic heterocycles. The van der Waals surface area contributed by atoms with Gasteiger partial charge in [-0.1, -0.05) is 18.2 Å². The Morgan fingerprint density at radius 2 is 2.17 bits per heavy atom. The fourth-order valence-electron chi connectivity index (χ4n) is 2.02. The topological polar surface area (TPSA) is 21.3 Å². The van der Waals surface area contributed by atoms with E-state index in [1.54, 1.807) is 6.07 Å². The van der Waals surface area contributed by atoms with E-state index < -0.39 is 11.7 Å². The summed E-state index contributed by atoms with van der Waals surface area (Å²) in [6, 6.07) is 5.42. The molecule has 0 bridgehead atoms. The number of rotatable bonds is 4. The third-order valence-electron chi connectivity index (χ3n) is 3.01. The molecule has 1 N–H and O–H groups in total. The summed E-state index contributed by atoms with van der Waals surface area (Å²) in [5, 5.41) is 3.18. The minimum Gasteiger partial charge on any atom is -0.377 e. The van der Waals surface area contributed by atoms with Gasteiger partial charge in [0.25, 0.3) is 0 Å². The number of benzene rings is 1. The number of ether oxygens (including phenoxy) is 1. The van der Waals surface area contributed by atoms with Crippen LogP contribution in [0.15, 0.2) is 24.3 Å². The van der Waals surface area contributed by atoms with E-state index in [-0.39, 0.29) is 6.10 Å². The Morgan fingerprint density at radius 3 is 2.83 bits per heavy atom. The molecule has 1 aromatic rings. The van der Waals surface area contributed by atoms with E-state index in [9.17, 15) is 13.2 Å².